The van der Waals surface area contributed by atoms with Crippen molar-refractivity contribution in [2.75, 3.05) is 27.4 Å². The van der Waals surface area contributed by atoms with Crippen molar-refractivity contribution >= 4 is 43.4 Å². The number of rotatable bonds is 7. The lowest BCUT2D eigenvalue weighted by Crippen LogP contribution is -2.19. The van der Waals surface area contributed by atoms with E-state index in [1.807, 2.05) is 35.8 Å². The lowest BCUT2D eigenvalue weighted by Gasteiger charge is -2.09. The quantitative estimate of drug-likeness (QED) is 0.490. The average molecular weight is 465 g/mol. The Morgan fingerprint density at radius 1 is 1.14 bits per heavy atom. The largest absolute Gasteiger partial charge is 0.493 e. The van der Waals surface area contributed by atoms with Gasteiger partial charge in [0, 0.05) is 35.3 Å². The third-order valence-electron chi connectivity index (χ3n) is 4.14. The van der Waals surface area contributed by atoms with Gasteiger partial charge < -0.3 is 18.8 Å². The Balaban J connectivity index is 2.12. The number of thiazole rings is 1. The maximum atomic E-state index is 12.7. The van der Waals surface area contributed by atoms with Crippen molar-refractivity contribution in [2.24, 2.45) is 4.99 Å². The number of amides is 1. The lowest BCUT2D eigenvalue weighted by atomic mass is 10.2. The van der Waals surface area contributed by atoms with Crippen LogP contribution in [0.3, 0.4) is 0 Å². The summed E-state index contributed by atoms with van der Waals surface area (Å²) >= 11 is 4.81. The number of aromatic nitrogens is 1. The van der Waals surface area contributed by atoms with Gasteiger partial charge in [-0.25, -0.2) is 0 Å². The molecule has 0 unspecified atom stereocenters. The van der Waals surface area contributed by atoms with Crippen LogP contribution >= 0.6 is 27.3 Å². The minimum absolute atomic E-state index is 0.289. The van der Waals surface area contributed by atoms with Crippen LogP contribution in [-0.2, 0) is 11.3 Å². The van der Waals surface area contributed by atoms with E-state index in [0.717, 1.165) is 14.7 Å². The monoisotopic (exact) mass is 464 g/mol. The summed E-state index contributed by atoms with van der Waals surface area (Å²) in [7, 11) is 3.20. The molecule has 0 saturated heterocycles. The Hall–Kier alpha value is -2.16. The number of carbonyl (C=O) groups excluding carboxylic acids is 1. The zero-order valence-electron chi connectivity index (χ0n) is 15.9. The van der Waals surface area contributed by atoms with Crippen LogP contribution in [-0.4, -0.2) is 37.9 Å². The molecule has 1 aromatic heterocycles. The lowest BCUT2D eigenvalue weighted by molar-refractivity contribution is 0.0996. The Bertz CT molecular complexity index is 1040. The van der Waals surface area contributed by atoms with Crippen LogP contribution in [0.25, 0.3) is 10.2 Å². The number of fused-ring (bicyclic) bond motifs is 1. The number of hydrogen-bond donors (Lipinski definition) is 0. The molecule has 0 aliphatic rings. The van der Waals surface area contributed by atoms with Crippen LogP contribution in [0.4, 0.5) is 0 Å². The fourth-order valence-corrected chi connectivity index (χ4v) is 4.07. The van der Waals surface area contributed by atoms with Crippen molar-refractivity contribution in [3.63, 3.8) is 0 Å². The molecular formula is C20H21BrN2O4S. The Morgan fingerprint density at radius 3 is 2.46 bits per heavy atom. The normalized spacial score (nSPS) is 11.8. The van der Waals surface area contributed by atoms with E-state index in [1.54, 1.807) is 26.4 Å². The number of benzene rings is 2. The predicted molar refractivity (Wildman–Crippen MR) is 113 cm³/mol. The van der Waals surface area contributed by atoms with Crippen molar-refractivity contribution in [2.45, 2.75) is 13.5 Å². The van der Waals surface area contributed by atoms with Crippen molar-refractivity contribution in [1.82, 2.24) is 4.57 Å². The van der Waals surface area contributed by atoms with Crippen LogP contribution in [0.2, 0.25) is 0 Å². The van der Waals surface area contributed by atoms with Crippen molar-refractivity contribution < 1.29 is 19.0 Å². The maximum absolute atomic E-state index is 12.7. The van der Waals surface area contributed by atoms with Gasteiger partial charge in [-0.05, 0) is 31.2 Å². The first-order valence-electron chi connectivity index (χ1n) is 8.75. The minimum Gasteiger partial charge on any atom is -0.493 e. The first kappa shape index (κ1) is 20.6. The van der Waals surface area contributed by atoms with E-state index in [4.69, 9.17) is 14.2 Å². The second kappa shape index (κ2) is 9.36. The highest BCUT2D eigenvalue weighted by Crippen LogP contribution is 2.33. The van der Waals surface area contributed by atoms with Crippen molar-refractivity contribution in [1.29, 1.82) is 0 Å². The molecule has 0 radical (unpaired) electrons. The van der Waals surface area contributed by atoms with Gasteiger partial charge in [0.15, 0.2) is 16.3 Å². The fraction of sp³-hybridized carbons (Fsp3) is 0.300. The Morgan fingerprint density at radius 2 is 1.82 bits per heavy atom. The van der Waals surface area contributed by atoms with Gasteiger partial charge in [0.2, 0.25) is 0 Å². The van der Waals surface area contributed by atoms with Crippen molar-refractivity contribution in [3.05, 3.63) is 51.2 Å². The van der Waals surface area contributed by atoms with Crippen LogP contribution in [0.1, 0.15) is 17.3 Å². The van der Waals surface area contributed by atoms with Gasteiger partial charge in [0.25, 0.3) is 5.91 Å². The summed E-state index contributed by atoms with van der Waals surface area (Å²) in [5.74, 6) is 0.978. The van der Waals surface area contributed by atoms with E-state index in [2.05, 4.69) is 20.9 Å². The number of hydrogen-bond acceptors (Lipinski definition) is 5. The van der Waals surface area contributed by atoms with Gasteiger partial charge in [-0.15, -0.1) is 0 Å². The number of ether oxygens (including phenoxy) is 3. The van der Waals surface area contributed by atoms with E-state index < -0.39 is 0 Å². The van der Waals surface area contributed by atoms with E-state index in [9.17, 15) is 4.79 Å². The van der Waals surface area contributed by atoms with E-state index in [0.29, 0.717) is 41.6 Å². The second-order valence-corrected chi connectivity index (χ2v) is 7.76. The summed E-state index contributed by atoms with van der Waals surface area (Å²) in [5, 5.41) is 0. The summed E-state index contributed by atoms with van der Waals surface area (Å²) < 4.78 is 20.2. The first-order valence-corrected chi connectivity index (χ1v) is 10.4. The summed E-state index contributed by atoms with van der Waals surface area (Å²) in [6.45, 7) is 3.68. The number of carbonyl (C=O) groups is 1. The van der Waals surface area contributed by atoms with Gasteiger partial charge in [0.1, 0.15) is 0 Å². The number of nitrogens with zero attached hydrogens (tertiary/aromatic N) is 2. The highest BCUT2D eigenvalue weighted by atomic mass is 79.9. The molecule has 0 spiro atoms. The molecule has 0 aliphatic heterocycles. The maximum Gasteiger partial charge on any atom is 0.279 e. The molecule has 148 valence electrons. The molecule has 0 fully saturated rings. The number of halogens is 1. The fourth-order valence-electron chi connectivity index (χ4n) is 2.74. The topological polar surface area (TPSA) is 62.1 Å². The molecule has 0 N–H and O–H groups in total. The Kier molecular flexibility index (Phi) is 6.88. The molecule has 1 heterocycles. The van der Waals surface area contributed by atoms with Crippen LogP contribution in [0.5, 0.6) is 11.5 Å². The van der Waals surface area contributed by atoms with Gasteiger partial charge in [0.05, 0.1) is 31.0 Å². The summed E-state index contributed by atoms with van der Waals surface area (Å²) in [5.41, 5.74) is 1.46. The van der Waals surface area contributed by atoms with Crippen LogP contribution in [0, 0.1) is 0 Å². The molecule has 0 bridgehead atoms. The van der Waals surface area contributed by atoms with Crippen LogP contribution < -0.4 is 14.3 Å². The summed E-state index contributed by atoms with van der Waals surface area (Å²) in [4.78, 5) is 17.6. The molecule has 2 aromatic carbocycles. The molecule has 3 aromatic rings. The smallest absolute Gasteiger partial charge is 0.279 e. The van der Waals surface area contributed by atoms with E-state index >= 15 is 0 Å². The van der Waals surface area contributed by atoms with E-state index in [-0.39, 0.29) is 5.91 Å². The highest BCUT2D eigenvalue weighted by Gasteiger charge is 2.14. The molecule has 0 saturated carbocycles. The standard InChI is InChI=1S/C20H21BrN2O4S/c1-4-27-10-9-23-15-11-16(25-2)17(26-3)12-18(15)28-20(23)22-19(24)13-5-7-14(21)8-6-13/h5-8,11-12H,4,9-10H2,1-3H3. The molecule has 1 amide bonds. The molecule has 6 nitrogen and oxygen atoms in total. The zero-order chi connectivity index (χ0) is 20.1. The molecule has 0 atom stereocenters. The highest BCUT2D eigenvalue weighted by molar-refractivity contribution is 9.10. The van der Waals surface area contributed by atoms with E-state index in [1.165, 1.54) is 11.3 Å². The molecular weight excluding hydrogens is 444 g/mol. The summed E-state index contributed by atoms with van der Waals surface area (Å²) in [6, 6.07) is 11.0. The van der Waals surface area contributed by atoms with Gasteiger partial charge in [-0.3, -0.25) is 4.79 Å². The Labute approximate surface area is 175 Å². The number of methoxy groups -OCH3 is 2. The molecule has 28 heavy (non-hydrogen) atoms. The molecule has 8 heteroatoms. The molecule has 3 rings (SSSR count). The SMILES string of the molecule is CCOCCn1c(=NC(=O)c2ccc(Br)cc2)sc2cc(OC)c(OC)cc21. The zero-order valence-corrected chi connectivity index (χ0v) is 18.3. The second-order valence-electron chi connectivity index (χ2n) is 5.83. The van der Waals surface area contributed by atoms with Crippen LogP contribution in [0.15, 0.2) is 45.9 Å². The summed E-state index contributed by atoms with van der Waals surface area (Å²) in [6.07, 6.45) is 0. The average Bonchev–Trinajstić information content (AvgIpc) is 3.03. The van der Waals surface area contributed by atoms with Gasteiger partial charge in [-0.1, -0.05) is 27.3 Å². The van der Waals surface area contributed by atoms with Gasteiger partial charge in [-0.2, -0.15) is 4.99 Å². The predicted octanol–water partition coefficient (Wildman–Crippen LogP) is 4.26. The minimum atomic E-state index is -0.289. The third kappa shape index (κ3) is 4.45. The van der Waals surface area contributed by atoms with Crippen molar-refractivity contribution in [3.8, 4) is 11.5 Å². The molecule has 0 aliphatic carbocycles. The first-order chi connectivity index (χ1) is 13.6. The third-order valence-corrected chi connectivity index (χ3v) is 5.71. The van der Waals surface area contributed by atoms with Gasteiger partial charge >= 0.3 is 0 Å².